The molecule has 88 heavy (non-hydrogen) atoms. The summed E-state index contributed by atoms with van der Waals surface area (Å²) >= 11 is 2.13. The van der Waals surface area contributed by atoms with E-state index in [1.807, 2.05) is 31.2 Å². The summed E-state index contributed by atoms with van der Waals surface area (Å²) < 4.78 is 186. The molecule has 10 aromatic carbocycles. The maximum absolute atomic E-state index is 17.0. The molecule has 0 aliphatic carbocycles. The molecule has 18 rings (SSSR count). The van der Waals surface area contributed by atoms with Crippen molar-refractivity contribution in [1.29, 1.82) is 0 Å². The molecule has 6 aliphatic heterocycles. The summed E-state index contributed by atoms with van der Waals surface area (Å²) in [5, 5.41) is -0.0615. The lowest BCUT2D eigenvalue weighted by molar-refractivity contribution is 0.464. The normalized spacial score (nSPS) is 14.1. The summed E-state index contributed by atoms with van der Waals surface area (Å²) in [5.41, 5.74) is 4.94. The van der Waals surface area contributed by atoms with Crippen molar-refractivity contribution in [3.8, 4) is 34.5 Å². The Balaban J connectivity index is 0.943. The second-order valence-corrected chi connectivity index (χ2v) is 25.1. The molecule has 6 nitrogen and oxygen atoms in total. The number of rotatable bonds is 3. The van der Waals surface area contributed by atoms with Crippen LogP contribution in [0.15, 0.2) is 140 Å². The smallest absolute Gasteiger partial charge is 0.268 e. The van der Waals surface area contributed by atoms with Gasteiger partial charge in [0.05, 0.1) is 16.5 Å². The summed E-state index contributed by atoms with van der Waals surface area (Å²) in [4.78, 5) is 4.18. The van der Waals surface area contributed by atoms with Crippen molar-refractivity contribution in [1.82, 2.24) is 0 Å². The molecular formula is C67H32B3F10N3O3S2. The minimum Gasteiger partial charge on any atom is -0.458 e. The predicted molar refractivity (Wildman–Crippen MR) is 329 cm³/mol. The van der Waals surface area contributed by atoms with E-state index in [0.717, 1.165) is 76.8 Å². The highest BCUT2D eigenvalue weighted by molar-refractivity contribution is 7.34. The van der Waals surface area contributed by atoms with Gasteiger partial charge >= 0.3 is 0 Å². The third-order valence-electron chi connectivity index (χ3n) is 17.7. The van der Waals surface area contributed by atoms with Gasteiger partial charge in [-0.2, -0.15) is 0 Å². The highest BCUT2D eigenvalue weighted by atomic mass is 32.1. The number of aryl methyl sites for hydroxylation is 3. The molecular weight excluding hydrogens is 1180 g/mol. The number of para-hydroxylation sites is 3. The van der Waals surface area contributed by atoms with E-state index in [2.05, 4.69) is 0 Å². The molecule has 0 bridgehead atoms. The van der Waals surface area contributed by atoms with E-state index in [1.165, 1.54) is 39.0 Å². The molecule has 6 aliphatic rings. The topological polar surface area (TPSA) is 37.4 Å². The number of anilines is 9. The fourth-order valence-electron chi connectivity index (χ4n) is 14.5. The van der Waals surface area contributed by atoms with Gasteiger partial charge in [0.25, 0.3) is 20.1 Å². The second-order valence-electron chi connectivity index (χ2n) is 22.9. The fourth-order valence-corrected chi connectivity index (χ4v) is 17.1. The molecule has 2 aromatic heterocycles. The Morgan fingerprint density at radius 2 is 0.739 bits per heavy atom. The molecule has 424 valence electrons. The lowest BCUT2D eigenvalue weighted by Crippen LogP contribution is -2.64. The van der Waals surface area contributed by atoms with Crippen LogP contribution in [0.2, 0.25) is 0 Å². The van der Waals surface area contributed by atoms with E-state index in [4.69, 9.17) is 14.2 Å². The first kappa shape index (κ1) is 51.6. The summed E-state index contributed by atoms with van der Waals surface area (Å²) in [6, 6.07) is 31.9. The molecule has 12 aromatic rings. The first-order chi connectivity index (χ1) is 42.5. The third-order valence-corrected chi connectivity index (χ3v) is 20.1. The monoisotopic (exact) mass is 1210 g/mol. The van der Waals surface area contributed by atoms with Crippen LogP contribution in [0.1, 0.15) is 16.7 Å². The molecule has 21 heteroatoms. The Hall–Kier alpha value is -9.59. The maximum Gasteiger partial charge on any atom is 0.268 e. The first-order valence-electron chi connectivity index (χ1n) is 27.9. The summed E-state index contributed by atoms with van der Waals surface area (Å²) in [6.45, 7) is 2.67. The van der Waals surface area contributed by atoms with Gasteiger partial charge in [0, 0.05) is 77.1 Å². The van der Waals surface area contributed by atoms with Gasteiger partial charge in [-0.25, -0.2) is 43.9 Å². The number of hydrogen-bond donors (Lipinski definition) is 0. The quantitative estimate of drug-likeness (QED) is 0.130. The average Bonchev–Trinajstić information content (AvgIpc) is 1.15. The van der Waals surface area contributed by atoms with E-state index in [0.29, 0.717) is 87.9 Å². The lowest BCUT2D eigenvalue weighted by Gasteiger charge is -2.44. The van der Waals surface area contributed by atoms with Crippen molar-refractivity contribution in [3.63, 3.8) is 0 Å². The zero-order chi connectivity index (χ0) is 59.9. The van der Waals surface area contributed by atoms with E-state index in [9.17, 15) is 0 Å². The number of benzene rings is 10. The van der Waals surface area contributed by atoms with Gasteiger partial charge < -0.3 is 28.9 Å². The molecule has 0 saturated carbocycles. The standard InChI is InChI=1S/C67H32B3F10N3O3S2/c1-27-13-46-58-47(14-27)83(63-40(77)11-6-12-41(63)78)64-56-42(79)19-30(71)21-54(56)87-66(64)69(58)32-23-34-49(25-44(32)81(46)61-36(73)7-4-8-37(61)74)84-52-17-29(3)18-53-60(52)68(34)35-24-33-45(26-50(35)85-53)82(62-38(75)9-5-10-39(62)76)48-15-28(2)16-51-59(48)70(33)67-65(86-51)57-43(80)20-31(72)22-55(57)88-67/h4-26H,1-3H3. The van der Waals surface area contributed by atoms with Gasteiger partial charge in [-0.1, -0.05) is 30.3 Å². The van der Waals surface area contributed by atoms with Crippen LogP contribution in [-0.2, 0) is 0 Å². The molecule has 0 radical (unpaired) electrons. The third kappa shape index (κ3) is 6.82. The van der Waals surface area contributed by atoms with E-state index in [-0.39, 0.29) is 65.9 Å². The predicted octanol–water partition coefficient (Wildman–Crippen LogP) is 13.6. The van der Waals surface area contributed by atoms with Gasteiger partial charge in [-0.3, -0.25) is 0 Å². The maximum atomic E-state index is 17.0. The molecule has 0 atom stereocenters. The van der Waals surface area contributed by atoms with Crippen LogP contribution in [0.3, 0.4) is 0 Å². The van der Waals surface area contributed by atoms with Gasteiger partial charge in [0.1, 0.15) is 110 Å². The Morgan fingerprint density at radius 3 is 1.26 bits per heavy atom. The molecule has 8 heterocycles. The number of ether oxygens (including phenoxy) is 3. The Kier molecular flexibility index (Phi) is 10.4. The van der Waals surface area contributed by atoms with Crippen molar-refractivity contribution in [3.05, 3.63) is 214 Å². The molecule has 0 spiro atoms. The van der Waals surface area contributed by atoms with Crippen molar-refractivity contribution in [2.24, 2.45) is 0 Å². The Bertz CT molecular complexity index is 5220. The molecule has 0 fully saturated rings. The molecule has 0 N–H and O–H groups in total. The number of nitrogens with zero attached hydrogens (tertiary/aromatic N) is 3. The van der Waals surface area contributed by atoms with Gasteiger partial charge in [-0.05, 0) is 155 Å². The zero-order valence-electron chi connectivity index (χ0n) is 45.7. The molecule has 0 saturated heterocycles. The minimum absolute atomic E-state index is 0.0255. The van der Waals surface area contributed by atoms with Crippen LogP contribution in [0.25, 0.3) is 20.2 Å². The molecule has 0 amide bonds. The SMILES string of the molecule is Cc1cc2c3c(c1)Oc1cc4c(cc1B3c1cc3c(cc1O2)N(c1c(F)cccc1F)c1cc(C)cc2c1B3c1sc3cc(F)cc(F)c3c1O2)B1c2sc3cc(F)cc(F)c3c2N(c2c(F)cccc2F)c2cc(C)cc(c21)N4c1c(F)cccc1F. The van der Waals surface area contributed by atoms with Crippen molar-refractivity contribution in [2.75, 3.05) is 14.7 Å². The summed E-state index contributed by atoms with van der Waals surface area (Å²) in [5.74, 6) is -7.56. The van der Waals surface area contributed by atoms with Gasteiger partial charge in [0.2, 0.25) is 0 Å². The highest BCUT2D eigenvalue weighted by Gasteiger charge is 2.52. The van der Waals surface area contributed by atoms with Gasteiger partial charge in [0.15, 0.2) is 0 Å². The minimum atomic E-state index is -1.01. The molecule has 0 unspecified atom stereocenters. The number of halogens is 10. The summed E-state index contributed by atoms with van der Waals surface area (Å²) in [7, 11) is 0. The first-order valence-corrected chi connectivity index (χ1v) is 29.5. The van der Waals surface area contributed by atoms with Crippen LogP contribution in [0.4, 0.5) is 95.1 Å². The lowest BCUT2D eigenvalue weighted by atomic mass is 9.31. The Morgan fingerprint density at radius 1 is 0.330 bits per heavy atom. The van der Waals surface area contributed by atoms with Crippen molar-refractivity contribution >= 4 is 162 Å². The second kappa shape index (κ2) is 17.8. The Labute approximate surface area is 501 Å². The van der Waals surface area contributed by atoms with Crippen LogP contribution in [0, 0.1) is 78.9 Å². The van der Waals surface area contributed by atoms with E-state index < -0.39 is 95.4 Å². The van der Waals surface area contributed by atoms with E-state index >= 15 is 43.9 Å². The van der Waals surface area contributed by atoms with Crippen molar-refractivity contribution < 1.29 is 58.1 Å². The van der Waals surface area contributed by atoms with Crippen LogP contribution in [-0.4, -0.2) is 20.1 Å². The zero-order valence-corrected chi connectivity index (χ0v) is 47.3. The van der Waals surface area contributed by atoms with Crippen LogP contribution >= 0.6 is 22.7 Å². The number of thiophene rings is 2. The summed E-state index contributed by atoms with van der Waals surface area (Å²) in [6.07, 6.45) is 0. The number of fused-ring (bicyclic) bond motifs is 16. The van der Waals surface area contributed by atoms with Crippen LogP contribution < -0.4 is 76.7 Å². The average molecular weight is 1210 g/mol. The number of hydrogen-bond acceptors (Lipinski definition) is 8. The van der Waals surface area contributed by atoms with Crippen LogP contribution in [0.5, 0.6) is 34.5 Å². The fraction of sp³-hybridized carbons (Fsp3) is 0.0448. The van der Waals surface area contributed by atoms with Gasteiger partial charge in [-0.15, -0.1) is 22.7 Å². The van der Waals surface area contributed by atoms with Crippen molar-refractivity contribution in [2.45, 2.75) is 20.8 Å². The largest absolute Gasteiger partial charge is 0.458 e. The van der Waals surface area contributed by atoms with E-state index in [1.54, 1.807) is 50.2 Å². The highest BCUT2D eigenvalue weighted by Crippen LogP contribution is 2.53.